The molecular weight excluding hydrogens is 174 g/mol. The average Bonchev–Trinajstić information content (AvgIpc) is 2.16. The Kier molecular flexibility index (Phi) is 10.8. The molecule has 0 unspecified atom stereocenters. The first-order valence-corrected chi connectivity index (χ1v) is 3.98. The summed E-state index contributed by atoms with van der Waals surface area (Å²) in [7, 11) is 0. The average molecular weight is 189 g/mol. The molecule has 0 aliphatic heterocycles. The third-order valence-electron chi connectivity index (χ3n) is 1.15. The molecule has 5 nitrogen and oxygen atoms in total. The van der Waals surface area contributed by atoms with Crippen LogP contribution in [0.3, 0.4) is 0 Å². The highest BCUT2D eigenvalue weighted by molar-refractivity contribution is 4.82. The number of ether oxygens (including phenoxy) is 2. The molecule has 0 bridgehead atoms. The zero-order chi connectivity index (χ0) is 9.78. The van der Waals surface area contributed by atoms with Gasteiger partial charge in [-0.3, -0.25) is 10.6 Å². The van der Waals surface area contributed by atoms with Crippen molar-refractivity contribution in [2.24, 2.45) is 0 Å². The number of terminal acetylenes is 1. The maximum atomic E-state index is 7.92. The first-order chi connectivity index (χ1) is 6.41. The van der Waals surface area contributed by atoms with E-state index < -0.39 is 0 Å². The fourth-order valence-corrected chi connectivity index (χ4v) is 0.613. The maximum absolute atomic E-state index is 7.92. The van der Waals surface area contributed by atoms with Gasteiger partial charge in [-0.2, -0.15) is 0 Å². The standard InChI is InChI=1S/C8H15NO4/c1-2-4-11-6-7-12-5-3-9-8-13-10/h1,9-10H,3-8H2. The number of rotatable bonds is 9. The molecule has 0 saturated carbocycles. The van der Waals surface area contributed by atoms with Crippen molar-refractivity contribution < 1.29 is 19.6 Å². The highest BCUT2D eigenvalue weighted by atomic mass is 17.1. The van der Waals surface area contributed by atoms with Gasteiger partial charge in [0, 0.05) is 6.54 Å². The van der Waals surface area contributed by atoms with E-state index in [9.17, 15) is 0 Å². The molecule has 0 aromatic rings. The van der Waals surface area contributed by atoms with Crippen molar-refractivity contribution in [1.29, 1.82) is 0 Å². The Hall–Kier alpha value is -0.640. The summed E-state index contributed by atoms with van der Waals surface area (Å²) in [5.74, 6) is 2.35. The van der Waals surface area contributed by atoms with Crippen molar-refractivity contribution in [3.63, 3.8) is 0 Å². The Morgan fingerprint density at radius 1 is 1.23 bits per heavy atom. The smallest absolute Gasteiger partial charge is 0.132 e. The summed E-state index contributed by atoms with van der Waals surface area (Å²) >= 11 is 0. The lowest BCUT2D eigenvalue weighted by molar-refractivity contribution is -0.247. The van der Waals surface area contributed by atoms with Gasteiger partial charge in [-0.25, -0.2) is 4.89 Å². The van der Waals surface area contributed by atoms with E-state index >= 15 is 0 Å². The molecule has 0 heterocycles. The van der Waals surface area contributed by atoms with Crippen LogP contribution >= 0.6 is 0 Å². The van der Waals surface area contributed by atoms with E-state index in [0.29, 0.717) is 33.0 Å². The molecule has 0 spiro atoms. The first kappa shape index (κ1) is 12.4. The predicted molar refractivity (Wildman–Crippen MR) is 47.1 cm³/mol. The molecular formula is C8H15NO4. The Bertz CT molecular complexity index is 135. The van der Waals surface area contributed by atoms with Crippen molar-refractivity contribution in [3.8, 4) is 12.3 Å². The van der Waals surface area contributed by atoms with Crippen LogP contribution < -0.4 is 5.32 Å². The van der Waals surface area contributed by atoms with Gasteiger partial charge in [-0.1, -0.05) is 5.92 Å². The summed E-state index contributed by atoms with van der Waals surface area (Å²) in [5, 5.41) is 10.7. The molecule has 13 heavy (non-hydrogen) atoms. The minimum Gasteiger partial charge on any atom is -0.378 e. The second-order valence-corrected chi connectivity index (χ2v) is 2.14. The van der Waals surface area contributed by atoms with E-state index in [4.69, 9.17) is 21.2 Å². The molecule has 2 N–H and O–H groups in total. The minimum atomic E-state index is 0.108. The Morgan fingerprint density at radius 2 is 2.00 bits per heavy atom. The van der Waals surface area contributed by atoms with Gasteiger partial charge in [0.1, 0.15) is 13.3 Å². The highest BCUT2D eigenvalue weighted by Crippen LogP contribution is 1.77. The van der Waals surface area contributed by atoms with Gasteiger partial charge in [-0.15, -0.1) is 6.42 Å². The van der Waals surface area contributed by atoms with E-state index in [1.807, 2.05) is 0 Å². The molecule has 0 saturated heterocycles. The summed E-state index contributed by atoms with van der Waals surface area (Å²) in [6.45, 7) is 2.61. The molecule has 76 valence electrons. The van der Waals surface area contributed by atoms with Gasteiger partial charge >= 0.3 is 0 Å². The molecule has 5 heteroatoms. The Morgan fingerprint density at radius 3 is 2.69 bits per heavy atom. The molecule has 0 fully saturated rings. The molecule has 0 aliphatic carbocycles. The Labute approximate surface area is 77.9 Å². The third kappa shape index (κ3) is 11.4. The lowest BCUT2D eigenvalue weighted by atomic mass is 10.6. The van der Waals surface area contributed by atoms with Crippen LogP contribution in [0, 0.1) is 12.3 Å². The minimum absolute atomic E-state index is 0.108. The normalized spacial score (nSPS) is 9.85. The van der Waals surface area contributed by atoms with Crippen molar-refractivity contribution in [2.75, 3.05) is 39.7 Å². The van der Waals surface area contributed by atoms with Gasteiger partial charge in [0.15, 0.2) is 0 Å². The first-order valence-electron chi connectivity index (χ1n) is 3.98. The topological polar surface area (TPSA) is 60.0 Å². The van der Waals surface area contributed by atoms with E-state index in [2.05, 4.69) is 16.1 Å². The third-order valence-corrected chi connectivity index (χ3v) is 1.15. The zero-order valence-electron chi connectivity index (χ0n) is 7.49. The molecule has 0 aliphatic rings. The fraction of sp³-hybridized carbons (Fsp3) is 0.750. The van der Waals surface area contributed by atoms with Crippen LogP contribution in [0.2, 0.25) is 0 Å². The number of nitrogens with one attached hydrogen (secondary N) is 1. The predicted octanol–water partition coefficient (Wildman–Crippen LogP) is -0.310. The van der Waals surface area contributed by atoms with E-state index in [1.165, 1.54) is 0 Å². The second kappa shape index (κ2) is 11.4. The summed E-state index contributed by atoms with van der Waals surface area (Å²) in [6, 6.07) is 0. The lowest BCUT2D eigenvalue weighted by Gasteiger charge is -2.04. The van der Waals surface area contributed by atoms with Crippen molar-refractivity contribution >= 4 is 0 Å². The molecule has 0 rings (SSSR count). The summed E-state index contributed by atoms with van der Waals surface area (Å²) in [4.78, 5) is 3.79. The second-order valence-electron chi connectivity index (χ2n) is 2.14. The summed E-state index contributed by atoms with van der Waals surface area (Å²) in [6.07, 6.45) is 4.96. The van der Waals surface area contributed by atoms with Crippen LogP contribution in [0.15, 0.2) is 0 Å². The van der Waals surface area contributed by atoms with Crippen LogP contribution in [-0.4, -0.2) is 45.0 Å². The van der Waals surface area contributed by atoms with Gasteiger partial charge in [0.25, 0.3) is 0 Å². The molecule has 0 aromatic carbocycles. The molecule has 0 radical (unpaired) electrons. The lowest BCUT2D eigenvalue weighted by Crippen LogP contribution is -2.22. The molecule has 0 atom stereocenters. The van der Waals surface area contributed by atoms with Crippen molar-refractivity contribution in [2.45, 2.75) is 0 Å². The maximum Gasteiger partial charge on any atom is 0.132 e. The van der Waals surface area contributed by atoms with Gasteiger partial charge in [-0.05, 0) is 0 Å². The monoisotopic (exact) mass is 189 g/mol. The number of hydrogen-bond donors (Lipinski definition) is 2. The number of hydrogen-bond acceptors (Lipinski definition) is 5. The van der Waals surface area contributed by atoms with E-state index in [1.54, 1.807) is 0 Å². The van der Waals surface area contributed by atoms with Crippen LogP contribution in [0.1, 0.15) is 0 Å². The van der Waals surface area contributed by atoms with Crippen LogP contribution in [0.25, 0.3) is 0 Å². The van der Waals surface area contributed by atoms with Crippen molar-refractivity contribution in [1.82, 2.24) is 5.32 Å². The SMILES string of the molecule is C#CCOCCOCCNCOO. The van der Waals surface area contributed by atoms with Gasteiger partial charge < -0.3 is 9.47 Å². The van der Waals surface area contributed by atoms with Crippen molar-refractivity contribution in [3.05, 3.63) is 0 Å². The quantitative estimate of drug-likeness (QED) is 0.171. The van der Waals surface area contributed by atoms with Gasteiger partial charge in [0.2, 0.25) is 0 Å². The van der Waals surface area contributed by atoms with Crippen LogP contribution in [0.5, 0.6) is 0 Å². The van der Waals surface area contributed by atoms with E-state index in [0.717, 1.165) is 0 Å². The fourth-order valence-electron chi connectivity index (χ4n) is 0.613. The summed E-state index contributed by atoms with van der Waals surface area (Å²) in [5.41, 5.74) is 0. The van der Waals surface area contributed by atoms with E-state index in [-0.39, 0.29) is 6.73 Å². The Balaban J connectivity index is 2.80. The zero-order valence-corrected chi connectivity index (χ0v) is 7.49. The summed E-state index contributed by atoms with van der Waals surface area (Å²) < 4.78 is 10.1. The van der Waals surface area contributed by atoms with Crippen LogP contribution in [0.4, 0.5) is 0 Å². The molecule has 0 aromatic heterocycles. The largest absolute Gasteiger partial charge is 0.378 e. The van der Waals surface area contributed by atoms with Crippen LogP contribution in [-0.2, 0) is 14.4 Å². The highest BCUT2D eigenvalue weighted by Gasteiger charge is 1.88. The van der Waals surface area contributed by atoms with Gasteiger partial charge in [0.05, 0.1) is 19.8 Å². The molecule has 0 amide bonds.